The van der Waals surface area contributed by atoms with Crippen LogP contribution in [0, 0.1) is 11.3 Å². The molecule has 1 rings (SSSR count). The van der Waals surface area contributed by atoms with Crippen molar-refractivity contribution in [3.05, 3.63) is 27.7 Å². The van der Waals surface area contributed by atoms with Gasteiger partial charge in [0.2, 0.25) is 0 Å². The first-order valence-electron chi connectivity index (χ1n) is 3.27. The number of halogens is 2. The number of nitriles is 1. The number of nitrogens with one attached hydrogen (secondary N) is 1. The Hall–Kier alpha value is -1.90. The molecule has 3 N–H and O–H groups in total. The molecule has 0 aliphatic rings. The van der Waals surface area contributed by atoms with Crippen LogP contribution in [0.15, 0.2) is 10.9 Å². The number of H-pyrrole nitrogens is 1. The fraction of sp³-hybridized carbons (Fsp3) is 0.143. The number of rotatable bonds is 1. The van der Waals surface area contributed by atoms with Crippen LogP contribution in [0.25, 0.3) is 0 Å². The summed E-state index contributed by atoms with van der Waals surface area (Å²) in [6.45, 7) is 0. The van der Waals surface area contributed by atoms with Gasteiger partial charge in [0.15, 0.2) is 0 Å². The number of pyridine rings is 1. The summed E-state index contributed by atoms with van der Waals surface area (Å²) >= 11 is 0. The van der Waals surface area contributed by atoms with Gasteiger partial charge < -0.3 is 10.7 Å². The average Bonchev–Trinajstić information content (AvgIpc) is 2.03. The topological polar surface area (TPSA) is 82.7 Å². The van der Waals surface area contributed by atoms with Crippen molar-refractivity contribution in [2.45, 2.75) is 6.43 Å². The molecule has 4 nitrogen and oxygen atoms in total. The van der Waals surface area contributed by atoms with E-state index in [0.29, 0.717) is 0 Å². The van der Waals surface area contributed by atoms with E-state index >= 15 is 0 Å². The molecule has 1 aromatic heterocycles. The Morgan fingerprint density at radius 2 is 2.23 bits per heavy atom. The Balaban J connectivity index is 3.40. The molecule has 0 saturated carbocycles. The van der Waals surface area contributed by atoms with Crippen molar-refractivity contribution in [1.29, 1.82) is 5.26 Å². The minimum atomic E-state index is -2.80. The van der Waals surface area contributed by atoms with E-state index < -0.39 is 17.7 Å². The van der Waals surface area contributed by atoms with Crippen molar-refractivity contribution in [2.24, 2.45) is 0 Å². The zero-order chi connectivity index (χ0) is 10.0. The monoisotopic (exact) mass is 185 g/mol. The van der Waals surface area contributed by atoms with Crippen LogP contribution in [0.2, 0.25) is 0 Å². The van der Waals surface area contributed by atoms with Gasteiger partial charge in [0, 0.05) is 0 Å². The summed E-state index contributed by atoms with van der Waals surface area (Å²) < 4.78 is 24.1. The number of hydrogen-bond acceptors (Lipinski definition) is 3. The van der Waals surface area contributed by atoms with Gasteiger partial charge >= 0.3 is 0 Å². The molecular weight excluding hydrogens is 180 g/mol. The van der Waals surface area contributed by atoms with Crippen molar-refractivity contribution in [3.63, 3.8) is 0 Å². The Kier molecular flexibility index (Phi) is 2.28. The summed E-state index contributed by atoms with van der Waals surface area (Å²) in [5.41, 5.74) is 3.14. The SMILES string of the molecule is N#Cc1c(N)cc(C(F)F)[nH]c1=O. The molecule has 0 aliphatic heterocycles. The molecule has 68 valence electrons. The number of alkyl halides is 2. The molecule has 0 fully saturated rings. The molecular formula is C7H5F2N3O. The van der Waals surface area contributed by atoms with E-state index in [2.05, 4.69) is 0 Å². The van der Waals surface area contributed by atoms with Gasteiger partial charge in [0.1, 0.15) is 11.6 Å². The van der Waals surface area contributed by atoms with Crippen LogP contribution in [0.1, 0.15) is 17.7 Å². The lowest BCUT2D eigenvalue weighted by Gasteiger charge is -2.01. The summed E-state index contributed by atoms with van der Waals surface area (Å²) in [5, 5.41) is 8.39. The molecule has 1 heterocycles. The number of nitrogen functional groups attached to an aromatic ring is 1. The van der Waals surface area contributed by atoms with E-state index in [-0.39, 0.29) is 11.3 Å². The summed E-state index contributed by atoms with van der Waals surface area (Å²) in [5.74, 6) is 0. The normalized spacial score (nSPS) is 10.0. The molecule has 0 aliphatic carbocycles. The average molecular weight is 185 g/mol. The van der Waals surface area contributed by atoms with Gasteiger partial charge in [-0.1, -0.05) is 0 Å². The maximum atomic E-state index is 12.1. The molecule has 1 aromatic rings. The Morgan fingerprint density at radius 3 is 2.62 bits per heavy atom. The zero-order valence-corrected chi connectivity index (χ0v) is 6.34. The Labute approximate surface area is 71.6 Å². The quantitative estimate of drug-likeness (QED) is 0.677. The van der Waals surface area contributed by atoms with Crippen LogP contribution in [0.5, 0.6) is 0 Å². The fourth-order valence-electron chi connectivity index (χ4n) is 0.833. The summed E-state index contributed by atoms with van der Waals surface area (Å²) in [6, 6.07) is 2.40. The van der Waals surface area contributed by atoms with Crippen LogP contribution < -0.4 is 11.3 Å². The van der Waals surface area contributed by atoms with E-state index in [4.69, 9.17) is 11.0 Å². The van der Waals surface area contributed by atoms with Crippen LogP contribution in [-0.4, -0.2) is 4.98 Å². The maximum absolute atomic E-state index is 12.1. The van der Waals surface area contributed by atoms with Crippen LogP contribution >= 0.6 is 0 Å². The molecule has 0 unspecified atom stereocenters. The van der Waals surface area contributed by atoms with E-state index in [0.717, 1.165) is 6.07 Å². The van der Waals surface area contributed by atoms with Crippen molar-refractivity contribution in [2.75, 3.05) is 5.73 Å². The van der Waals surface area contributed by atoms with Crippen LogP contribution in [-0.2, 0) is 0 Å². The van der Waals surface area contributed by atoms with Crippen molar-refractivity contribution in [1.82, 2.24) is 4.98 Å². The molecule has 0 aromatic carbocycles. The predicted octanol–water partition coefficient (Wildman–Crippen LogP) is 0.766. The van der Waals surface area contributed by atoms with Gasteiger partial charge in [-0.3, -0.25) is 4.79 Å². The molecule has 0 atom stereocenters. The van der Waals surface area contributed by atoms with E-state index in [1.165, 1.54) is 6.07 Å². The number of hydrogen-bond donors (Lipinski definition) is 2. The molecule has 0 radical (unpaired) electrons. The Bertz CT molecular complexity index is 419. The molecule has 0 spiro atoms. The number of nitrogens with two attached hydrogens (primary N) is 1. The first-order valence-corrected chi connectivity index (χ1v) is 3.27. The molecule has 0 bridgehead atoms. The van der Waals surface area contributed by atoms with Crippen molar-refractivity contribution >= 4 is 5.69 Å². The summed E-state index contributed by atoms with van der Waals surface area (Å²) in [4.78, 5) is 12.8. The van der Waals surface area contributed by atoms with E-state index in [9.17, 15) is 13.6 Å². The van der Waals surface area contributed by atoms with E-state index in [1.807, 2.05) is 4.98 Å². The molecule has 0 saturated heterocycles. The Morgan fingerprint density at radius 1 is 1.62 bits per heavy atom. The number of aromatic amines is 1. The smallest absolute Gasteiger partial charge is 0.278 e. The zero-order valence-electron chi connectivity index (χ0n) is 6.34. The lowest BCUT2D eigenvalue weighted by Crippen LogP contribution is -2.15. The fourth-order valence-corrected chi connectivity index (χ4v) is 0.833. The largest absolute Gasteiger partial charge is 0.397 e. The second-order valence-corrected chi connectivity index (χ2v) is 2.30. The van der Waals surface area contributed by atoms with Gasteiger partial charge in [-0.15, -0.1) is 0 Å². The third-order valence-corrected chi connectivity index (χ3v) is 1.43. The second-order valence-electron chi connectivity index (χ2n) is 2.30. The van der Waals surface area contributed by atoms with E-state index in [1.54, 1.807) is 0 Å². The standard InChI is InChI=1S/C7H5F2N3O/c8-6(9)5-1-4(11)3(2-10)7(13)12-5/h1,6H,(H3,11,12,13). The molecule has 13 heavy (non-hydrogen) atoms. The third-order valence-electron chi connectivity index (χ3n) is 1.43. The molecule has 6 heteroatoms. The van der Waals surface area contributed by atoms with Gasteiger partial charge in [-0.2, -0.15) is 5.26 Å². The minimum absolute atomic E-state index is 0.235. The van der Waals surface area contributed by atoms with Crippen LogP contribution in [0.4, 0.5) is 14.5 Å². The minimum Gasteiger partial charge on any atom is -0.397 e. The lowest BCUT2D eigenvalue weighted by atomic mass is 10.2. The summed E-state index contributed by atoms with van der Waals surface area (Å²) in [6.07, 6.45) is -2.80. The summed E-state index contributed by atoms with van der Waals surface area (Å²) in [7, 11) is 0. The maximum Gasteiger partial charge on any atom is 0.278 e. The van der Waals surface area contributed by atoms with Gasteiger partial charge in [-0.05, 0) is 6.07 Å². The second kappa shape index (κ2) is 3.23. The highest BCUT2D eigenvalue weighted by Crippen LogP contribution is 2.17. The third kappa shape index (κ3) is 1.64. The highest BCUT2D eigenvalue weighted by molar-refractivity contribution is 5.53. The highest BCUT2D eigenvalue weighted by Gasteiger charge is 2.12. The number of anilines is 1. The van der Waals surface area contributed by atoms with Crippen LogP contribution in [0.3, 0.4) is 0 Å². The number of nitrogens with zero attached hydrogens (tertiary/aromatic N) is 1. The highest BCUT2D eigenvalue weighted by atomic mass is 19.3. The van der Waals surface area contributed by atoms with Gasteiger partial charge in [0.05, 0.1) is 11.4 Å². The van der Waals surface area contributed by atoms with Gasteiger partial charge in [0.25, 0.3) is 12.0 Å². The molecule has 0 amide bonds. The lowest BCUT2D eigenvalue weighted by molar-refractivity contribution is 0.146. The van der Waals surface area contributed by atoms with Crippen molar-refractivity contribution < 1.29 is 8.78 Å². The first-order chi connectivity index (χ1) is 6.06. The number of aromatic nitrogens is 1. The first kappa shape index (κ1) is 9.19. The van der Waals surface area contributed by atoms with Gasteiger partial charge in [-0.25, -0.2) is 8.78 Å². The predicted molar refractivity (Wildman–Crippen MR) is 41.1 cm³/mol. The van der Waals surface area contributed by atoms with Crippen molar-refractivity contribution in [3.8, 4) is 6.07 Å².